The Morgan fingerprint density at radius 1 is 0.871 bits per heavy atom. The van der Waals surface area contributed by atoms with Crippen LogP contribution in [0.3, 0.4) is 0 Å². The van der Waals surface area contributed by atoms with Gasteiger partial charge in [0.2, 0.25) is 0 Å². The summed E-state index contributed by atoms with van der Waals surface area (Å²) in [7, 11) is 0. The molecule has 0 bridgehead atoms. The minimum atomic E-state index is -0.902. The Bertz CT molecular complexity index is 971. The predicted molar refractivity (Wildman–Crippen MR) is 120 cm³/mol. The number of ether oxygens (including phenoxy) is 2. The lowest BCUT2D eigenvalue weighted by molar-refractivity contribution is 0.0686. The van der Waals surface area contributed by atoms with Gasteiger partial charge >= 0.3 is 11.9 Å². The fourth-order valence-corrected chi connectivity index (χ4v) is 4.21. The number of carboxylic acids is 2. The highest BCUT2D eigenvalue weighted by Gasteiger charge is 2.19. The Balaban J connectivity index is 0.000000176. The van der Waals surface area contributed by atoms with Crippen molar-refractivity contribution in [2.75, 3.05) is 13.2 Å². The van der Waals surface area contributed by atoms with Crippen LogP contribution in [0.1, 0.15) is 58.5 Å². The molecule has 2 unspecified atom stereocenters. The molecule has 0 saturated carbocycles. The number of hydrogen-bond acceptors (Lipinski definition) is 4. The fraction of sp³-hybridized carbons (Fsp3) is 0.417. The Hall–Kier alpha value is -2.54. The van der Waals surface area contributed by atoms with Gasteiger partial charge in [0.15, 0.2) is 0 Å². The van der Waals surface area contributed by atoms with Crippen LogP contribution in [0.15, 0.2) is 34.8 Å². The lowest BCUT2D eigenvalue weighted by atomic mass is 10.0. The zero-order valence-electron chi connectivity index (χ0n) is 17.7. The number of benzene rings is 2. The standard InChI is InChI=1S/C12H13BrO3.C12H14O3/c1-7-2-3-8-4-9(12(14)15)5-10(13)11(8)16-6-7;1-8-2-3-9-6-10(12(13)14)4-5-11(9)15-7-8/h4-5,7H,2-3,6H2,1H3,(H,14,15);4-6,8H,2-3,7H2,1H3,(H,13,14). The maximum Gasteiger partial charge on any atom is 0.335 e. The summed E-state index contributed by atoms with van der Waals surface area (Å²) >= 11 is 3.37. The summed E-state index contributed by atoms with van der Waals surface area (Å²) < 4.78 is 12.0. The van der Waals surface area contributed by atoms with E-state index in [1.807, 2.05) is 0 Å². The van der Waals surface area contributed by atoms with E-state index in [1.165, 1.54) is 0 Å². The quantitative estimate of drug-likeness (QED) is 0.580. The van der Waals surface area contributed by atoms with Crippen molar-refractivity contribution in [2.45, 2.75) is 39.5 Å². The SMILES string of the molecule is CC1CCc2cc(C(=O)O)cc(Br)c2OC1.CC1CCc2cc(C(=O)O)ccc2OC1. The monoisotopic (exact) mass is 490 g/mol. The van der Waals surface area contributed by atoms with Gasteiger partial charge in [-0.2, -0.15) is 0 Å². The zero-order valence-corrected chi connectivity index (χ0v) is 19.3. The van der Waals surface area contributed by atoms with E-state index in [-0.39, 0.29) is 0 Å². The predicted octanol–water partition coefficient (Wildman–Crippen LogP) is 5.45. The van der Waals surface area contributed by atoms with Gasteiger partial charge in [0.1, 0.15) is 11.5 Å². The first kappa shape index (κ1) is 23.1. The minimum Gasteiger partial charge on any atom is -0.493 e. The molecule has 2 aromatic carbocycles. The van der Waals surface area contributed by atoms with Gasteiger partial charge in [0.25, 0.3) is 0 Å². The molecule has 2 aliphatic heterocycles. The average molecular weight is 491 g/mol. The van der Waals surface area contributed by atoms with E-state index in [0.717, 1.165) is 59.4 Å². The third-order valence-corrected chi connectivity index (χ3v) is 6.11. The van der Waals surface area contributed by atoms with E-state index in [1.54, 1.807) is 30.3 Å². The summed E-state index contributed by atoms with van der Waals surface area (Å²) in [4.78, 5) is 21.7. The maximum atomic E-state index is 10.9. The van der Waals surface area contributed by atoms with E-state index in [2.05, 4.69) is 29.8 Å². The molecule has 2 N–H and O–H groups in total. The number of carbonyl (C=O) groups is 2. The molecule has 2 aromatic rings. The lowest BCUT2D eigenvalue weighted by Crippen LogP contribution is -2.06. The van der Waals surface area contributed by atoms with E-state index >= 15 is 0 Å². The lowest BCUT2D eigenvalue weighted by Gasteiger charge is -2.11. The number of fused-ring (bicyclic) bond motifs is 2. The zero-order chi connectivity index (χ0) is 22.5. The van der Waals surface area contributed by atoms with Crippen LogP contribution >= 0.6 is 15.9 Å². The first-order chi connectivity index (χ1) is 14.7. The highest BCUT2D eigenvalue weighted by molar-refractivity contribution is 9.10. The van der Waals surface area contributed by atoms with Crippen LogP contribution in [-0.4, -0.2) is 35.4 Å². The molecule has 2 heterocycles. The molecule has 7 heteroatoms. The highest BCUT2D eigenvalue weighted by Crippen LogP contribution is 2.34. The first-order valence-electron chi connectivity index (χ1n) is 10.4. The van der Waals surface area contributed by atoms with Crippen molar-refractivity contribution in [1.82, 2.24) is 0 Å². The van der Waals surface area contributed by atoms with E-state index in [0.29, 0.717) is 29.6 Å². The smallest absolute Gasteiger partial charge is 0.335 e. The third kappa shape index (κ3) is 6.00. The Labute approximate surface area is 190 Å². The molecular formula is C24H27BrO6. The molecule has 0 radical (unpaired) electrons. The highest BCUT2D eigenvalue weighted by atomic mass is 79.9. The summed E-state index contributed by atoms with van der Waals surface area (Å²) in [6.07, 6.45) is 3.85. The maximum absolute atomic E-state index is 10.9. The number of hydrogen-bond donors (Lipinski definition) is 2. The van der Waals surface area contributed by atoms with Crippen molar-refractivity contribution in [1.29, 1.82) is 0 Å². The van der Waals surface area contributed by atoms with Gasteiger partial charge < -0.3 is 19.7 Å². The van der Waals surface area contributed by atoms with Crippen molar-refractivity contribution in [3.8, 4) is 11.5 Å². The summed E-state index contributed by atoms with van der Waals surface area (Å²) in [6.45, 7) is 5.69. The van der Waals surface area contributed by atoms with Crippen LogP contribution < -0.4 is 9.47 Å². The van der Waals surface area contributed by atoms with Crippen molar-refractivity contribution in [3.63, 3.8) is 0 Å². The van der Waals surface area contributed by atoms with Crippen LogP contribution in [0.4, 0.5) is 0 Å². The molecule has 0 amide bonds. The molecule has 0 spiro atoms. The second-order valence-electron chi connectivity index (χ2n) is 8.29. The van der Waals surface area contributed by atoms with Gasteiger partial charge in [-0.1, -0.05) is 13.8 Å². The van der Waals surface area contributed by atoms with Crippen molar-refractivity contribution in [2.24, 2.45) is 11.8 Å². The van der Waals surface area contributed by atoms with Gasteiger partial charge in [0, 0.05) is 0 Å². The third-order valence-electron chi connectivity index (χ3n) is 5.52. The van der Waals surface area contributed by atoms with E-state index in [4.69, 9.17) is 19.7 Å². The molecular weight excluding hydrogens is 464 g/mol. The van der Waals surface area contributed by atoms with Gasteiger partial charge in [-0.05, 0) is 94.9 Å². The fourth-order valence-electron chi connectivity index (χ4n) is 3.60. The summed E-state index contributed by atoms with van der Waals surface area (Å²) in [5.74, 6) is 0.896. The molecule has 0 fully saturated rings. The molecule has 2 atom stereocenters. The molecule has 2 aliphatic rings. The van der Waals surface area contributed by atoms with Gasteiger partial charge in [-0.25, -0.2) is 9.59 Å². The largest absolute Gasteiger partial charge is 0.493 e. The number of aromatic carboxylic acids is 2. The summed E-state index contributed by atoms with van der Waals surface area (Å²) in [5, 5.41) is 17.8. The molecule has 6 nitrogen and oxygen atoms in total. The second-order valence-corrected chi connectivity index (χ2v) is 9.14. The van der Waals surface area contributed by atoms with Gasteiger partial charge in [-0.15, -0.1) is 0 Å². The molecule has 4 rings (SSSR count). The molecule has 0 saturated heterocycles. The normalized spacial score (nSPS) is 19.7. The Kier molecular flexibility index (Phi) is 7.59. The molecule has 31 heavy (non-hydrogen) atoms. The average Bonchev–Trinajstić information content (AvgIpc) is 3.04. The Morgan fingerprint density at radius 2 is 1.45 bits per heavy atom. The number of halogens is 1. The van der Waals surface area contributed by atoms with Gasteiger partial charge in [0.05, 0.1) is 28.8 Å². The number of carboxylic acid groups (broad SMARTS) is 2. The van der Waals surface area contributed by atoms with Crippen LogP contribution in [-0.2, 0) is 12.8 Å². The second kappa shape index (κ2) is 10.2. The summed E-state index contributed by atoms with van der Waals surface area (Å²) in [6, 6.07) is 8.38. The van der Waals surface area contributed by atoms with Crippen LogP contribution in [0.2, 0.25) is 0 Å². The van der Waals surface area contributed by atoms with Crippen LogP contribution in [0.5, 0.6) is 11.5 Å². The molecule has 166 valence electrons. The molecule has 0 aliphatic carbocycles. The van der Waals surface area contributed by atoms with Crippen molar-refractivity contribution < 1.29 is 29.3 Å². The van der Waals surface area contributed by atoms with E-state index < -0.39 is 11.9 Å². The van der Waals surface area contributed by atoms with Crippen LogP contribution in [0, 0.1) is 11.8 Å². The molecule has 0 aromatic heterocycles. The Morgan fingerprint density at radius 3 is 2.10 bits per heavy atom. The minimum absolute atomic E-state index is 0.309. The first-order valence-corrected chi connectivity index (χ1v) is 11.2. The van der Waals surface area contributed by atoms with E-state index in [9.17, 15) is 9.59 Å². The van der Waals surface area contributed by atoms with Crippen molar-refractivity contribution in [3.05, 3.63) is 57.1 Å². The number of aryl methyl sites for hydroxylation is 2. The van der Waals surface area contributed by atoms with Gasteiger partial charge in [-0.3, -0.25) is 0 Å². The van der Waals surface area contributed by atoms with Crippen molar-refractivity contribution >= 4 is 27.9 Å². The van der Waals surface area contributed by atoms with Crippen LogP contribution in [0.25, 0.3) is 0 Å². The topological polar surface area (TPSA) is 93.1 Å². The summed E-state index contributed by atoms with van der Waals surface area (Å²) in [5.41, 5.74) is 2.64. The number of rotatable bonds is 2.